The fraction of sp³-hybridized carbons (Fsp3) is 0.250. The number of methoxy groups -OCH3 is 1. The van der Waals surface area contributed by atoms with Crippen LogP contribution in [0.2, 0.25) is 0 Å². The molecule has 0 atom stereocenters. The normalized spacial score (nSPS) is 10.9. The zero-order valence-corrected chi connectivity index (χ0v) is 9.20. The summed E-state index contributed by atoms with van der Waals surface area (Å²) in [5, 5.41) is 1.23. The Kier molecular flexibility index (Phi) is 1.88. The maximum absolute atomic E-state index is 5.18. The van der Waals surface area contributed by atoms with Crippen molar-refractivity contribution in [2.45, 2.75) is 0 Å². The Morgan fingerprint density at radius 1 is 1.50 bits per heavy atom. The number of aromatic nitrogens is 1. The molecule has 2 nitrogen and oxygen atoms in total. The summed E-state index contributed by atoms with van der Waals surface area (Å²) in [6.07, 6.45) is 0. The molecule has 0 amide bonds. The topological polar surface area (TPSA) is 14.2 Å². The van der Waals surface area contributed by atoms with Crippen molar-refractivity contribution in [1.82, 2.24) is 4.57 Å². The molecule has 2 aromatic heterocycles. The van der Waals surface area contributed by atoms with Crippen molar-refractivity contribution in [1.29, 1.82) is 0 Å². The Morgan fingerprint density at radius 2 is 2.25 bits per heavy atom. The predicted octanol–water partition coefficient (Wildman–Crippen LogP) is 3.01. The maximum Gasteiger partial charge on any atom is 0.194 e. The van der Waals surface area contributed by atoms with Crippen LogP contribution in [0.1, 0.15) is 0 Å². The van der Waals surface area contributed by atoms with Gasteiger partial charge in [0.2, 0.25) is 0 Å². The summed E-state index contributed by atoms with van der Waals surface area (Å²) in [6, 6.07) is 4.14. The summed E-state index contributed by atoms with van der Waals surface area (Å²) >= 11 is 5.16. The number of ether oxygens (including phenoxy) is 1. The predicted molar refractivity (Wildman–Crippen MR) is 55.0 cm³/mol. The summed E-state index contributed by atoms with van der Waals surface area (Å²) in [6.45, 7) is 0. The van der Waals surface area contributed by atoms with Crippen molar-refractivity contribution >= 4 is 37.5 Å². The molecule has 0 radical (unpaired) electrons. The van der Waals surface area contributed by atoms with Crippen LogP contribution in [0.15, 0.2) is 15.9 Å². The molecule has 2 aromatic rings. The molecule has 0 aliphatic rings. The zero-order chi connectivity index (χ0) is 8.72. The molecule has 0 bridgehead atoms. The largest absolute Gasteiger partial charge is 0.482 e. The lowest BCUT2D eigenvalue weighted by Gasteiger charge is -1.99. The Bertz CT molecular complexity index is 418. The molecule has 0 aliphatic heterocycles. The highest BCUT2D eigenvalue weighted by Gasteiger charge is 2.08. The van der Waals surface area contributed by atoms with Crippen LogP contribution >= 0.6 is 27.3 Å². The Morgan fingerprint density at radius 3 is 2.83 bits per heavy atom. The van der Waals surface area contributed by atoms with Crippen molar-refractivity contribution in [3.8, 4) is 5.88 Å². The standard InChI is InChI=1S/C8H8BrNOS/c1-10-7(11-2)4-5-3-6(9)12-8(5)10/h3-4H,1-2H3. The molecule has 0 fully saturated rings. The number of rotatable bonds is 1. The average Bonchev–Trinajstić information content (AvgIpc) is 2.51. The van der Waals surface area contributed by atoms with Crippen LogP contribution in [0.25, 0.3) is 10.2 Å². The number of halogens is 1. The van der Waals surface area contributed by atoms with Gasteiger partial charge in [0.25, 0.3) is 0 Å². The smallest absolute Gasteiger partial charge is 0.194 e. The van der Waals surface area contributed by atoms with Gasteiger partial charge < -0.3 is 9.30 Å². The van der Waals surface area contributed by atoms with Crippen molar-refractivity contribution in [3.63, 3.8) is 0 Å². The highest BCUT2D eigenvalue weighted by atomic mass is 79.9. The maximum atomic E-state index is 5.18. The molecule has 2 rings (SSSR count). The molecule has 0 aromatic carbocycles. The van der Waals surface area contributed by atoms with E-state index in [0.29, 0.717) is 0 Å². The van der Waals surface area contributed by atoms with Gasteiger partial charge in [-0.2, -0.15) is 0 Å². The number of hydrogen-bond acceptors (Lipinski definition) is 2. The first-order valence-electron chi connectivity index (χ1n) is 3.51. The van der Waals surface area contributed by atoms with Crippen LogP contribution in [0.3, 0.4) is 0 Å². The number of aryl methyl sites for hydroxylation is 1. The number of hydrogen-bond donors (Lipinski definition) is 0. The molecule has 0 saturated heterocycles. The van der Waals surface area contributed by atoms with Gasteiger partial charge in [-0.15, -0.1) is 11.3 Å². The minimum atomic E-state index is 0.906. The first-order valence-corrected chi connectivity index (χ1v) is 5.12. The fourth-order valence-corrected chi connectivity index (χ4v) is 2.80. The van der Waals surface area contributed by atoms with Crippen LogP contribution in [-0.4, -0.2) is 11.7 Å². The monoisotopic (exact) mass is 245 g/mol. The van der Waals surface area contributed by atoms with Gasteiger partial charge in [0, 0.05) is 18.5 Å². The van der Waals surface area contributed by atoms with E-state index in [0.717, 1.165) is 9.67 Å². The highest BCUT2D eigenvalue weighted by molar-refractivity contribution is 9.11. The summed E-state index contributed by atoms with van der Waals surface area (Å²) in [4.78, 5) is 1.23. The lowest BCUT2D eigenvalue weighted by molar-refractivity contribution is 0.385. The second kappa shape index (κ2) is 2.78. The molecule has 0 aliphatic carbocycles. The summed E-state index contributed by atoms with van der Waals surface area (Å²) < 4.78 is 8.39. The fourth-order valence-electron chi connectivity index (χ4n) is 1.26. The van der Waals surface area contributed by atoms with E-state index in [1.165, 1.54) is 10.2 Å². The van der Waals surface area contributed by atoms with Gasteiger partial charge in [-0.25, -0.2) is 0 Å². The zero-order valence-electron chi connectivity index (χ0n) is 6.80. The van der Waals surface area contributed by atoms with Gasteiger partial charge >= 0.3 is 0 Å². The lowest BCUT2D eigenvalue weighted by Crippen LogP contribution is -1.91. The van der Waals surface area contributed by atoms with Gasteiger partial charge in [0.05, 0.1) is 10.9 Å². The second-order valence-corrected chi connectivity index (χ2v) is 4.97. The van der Waals surface area contributed by atoms with Crippen LogP contribution in [0.4, 0.5) is 0 Å². The van der Waals surface area contributed by atoms with Crippen LogP contribution in [0.5, 0.6) is 5.88 Å². The van der Waals surface area contributed by atoms with E-state index in [-0.39, 0.29) is 0 Å². The molecule has 2 heterocycles. The van der Waals surface area contributed by atoms with Crippen LogP contribution in [-0.2, 0) is 7.05 Å². The quantitative estimate of drug-likeness (QED) is 0.754. The van der Waals surface area contributed by atoms with Gasteiger partial charge in [-0.3, -0.25) is 0 Å². The molecular weight excluding hydrogens is 238 g/mol. The first-order chi connectivity index (χ1) is 5.72. The van der Waals surface area contributed by atoms with Crippen LogP contribution < -0.4 is 4.74 Å². The van der Waals surface area contributed by atoms with Gasteiger partial charge in [0.1, 0.15) is 4.83 Å². The van der Waals surface area contributed by atoms with Crippen LogP contribution in [0, 0.1) is 0 Å². The van der Waals surface area contributed by atoms with E-state index >= 15 is 0 Å². The Balaban J connectivity index is 2.74. The van der Waals surface area contributed by atoms with Gasteiger partial charge in [-0.05, 0) is 22.0 Å². The number of nitrogens with zero attached hydrogens (tertiary/aromatic N) is 1. The number of fused-ring (bicyclic) bond motifs is 1. The van der Waals surface area contributed by atoms with Gasteiger partial charge in [-0.1, -0.05) is 0 Å². The molecule has 0 spiro atoms. The highest BCUT2D eigenvalue weighted by Crippen LogP contribution is 2.34. The third kappa shape index (κ3) is 1.06. The lowest BCUT2D eigenvalue weighted by atomic mass is 10.4. The molecule has 64 valence electrons. The first kappa shape index (κ1) is 8.13. The minimum Gasteiger partial charge on any atom is -0.482 e. The van der Waals surface area contributed by atoms with Crippen molar-refractivity contribution < 1.29 is 4.74 Å². The van der Waals surface area contributed by atoms with E-state index in [2.05, 4.69) is 22.0 Å². The minimum absolute atomic E-state index is 0.906. The third-order valence-corrected chi connectivity index (χ3v) is 3.56. The van der Waals surface area contributed by atoms with Gasteiger partial charge in [0.15, 0.2) is 5.88 Å². The van der Waals surface area contributed by atoms with E-state index in [1.54, 1.807) is 18.4 Å². The number of thiophene rings is 1. The Hall–Kier alpha value is -0.480. The SMILES string of the molecule is COc1cc2cc(Br)sc2n1C. The summed E-state index contributed by atoms with van der Waals surface area (Å²) in [5.41, 5.74) is 0. The summed E-state index contributed by atoms with van der Waals surface area (Å²) in [7, 11) is 3.69. The second-order valence-electron chi connectivity index (χ2n) is 2.56. The van der Waals surface area contributed by atoms with Crippen molar-refractivity contribution in [2.24, 2.45) is 7.05 Å². The van der Waals surface area contributed by atoms with Crippen molar-refractivity contribution in [2.75, 3.05) is 7.11 Å². The Labute approximate surface area is 82.9 Å². The van der Waals surface area contributed by atoms with E-state index in [4.69, 9.17) is 4.74 Å². The summed E-state index contributed by atoms with van der Waals surface area (Å²) in [5.74, 6) is 0.906. The molecule has 0 saturated carbocycles. The third-order valence-electron chi connectivity index (χ3n) is 1.83. The van der Waals surface area contributed by atoms with Crippen molar-refractivity contribution in [3.05, 3.63) is 15.9 Å². The molecule has 0 unspecified atom stereocenters. The molecule has 4 heteroatoms. The van der Waals surface area contributed by atoms with E-state index in [1.807, 2.05) is 17.7 Å². The molecule has 0 N–H and O–H groups in total. The molecular formula is C8H8BrNOS. The van der Waals surface area contributed by atoms with E-state index in [9.17, 15) is 0 Å². The van der Waals surface area contributed by atoms with E-state index < -0.39 is 0 Å². The average molecular weight is 246 g/mol. The molecule has 12 heavy (non-hydrogen) atoms.